The molecule has 2 amide bonds. The Bertz CT molecular complexity index is 923. The minimum Gasteiger partial charge on any atom is -0.350 e. The van der Waals surface area contributed by atoms with Crippen LogP contribution in [0.2, 0.25) is 0 Å². The van der Waals surface area contributed by atoms with Gasteiger partial charge < -0.3 is 4.57 Å². The predicted molar refractivity (Wildman–Crippen MR) is 94.7 cm³/mol. The lowest BCUT2D eigenvalue weighted by Crippen LogP contribution is -2.38. The van der Waals surface area contributed by atoms with Gasteiger partial charge >= 0.3 is 0 Å². The van der Waals surface area contributed by atoms with Crippen LogP contribution in [0.4, 0.5) is 0 Å². The van der Waals surface area contributed by atoms with Gasteiger partial charge in [-0.3, -0.25) is 9.59 Å². The zero-order chi connectivity index (χ0) is 17.1. The number of amides is 2. The van der Waals surface area contributed by atoms with Gasteiger partial charge in [0.25, 0.3) is 11.8 Å². The molecule has 6 rings (SSSR count). The highest BCUT2D eigenvalue weighted by atomic mass is 16.2. The molecule has 1 aromatic carbocycles. The van der Waals surface area contributed by atoms with Crippen molar-refractivity contribution < 1.29 is 9.59 Å². The Kier molecular flexibility index (Phi) is 3.02. The number of carbonyl (C=O) groups excluding carboxylic acids is 2. The number of hydrogen-bond donors (Lipinski definition) is 0. The molecule has 4 atom stereocenters. The van der Waals surface area contributed by atoms with Crippen LogP contribution in [0.15, 0.2) is 47.7 Å². The maximum Gasteiger partial charge on any atom is 0.254 e. The summed E-state index contributed by atoms with van der Waals surface area (Å²) in [7, 11) is 1.98. The zero-order valence-electron chi connectivity index (χ0n) is 14.0. The fourth-order valence-electron chi connectivity index (χ4n) is 4.77. The van der Waals surface area contributed by atoms with E-state index in [0.717, 1.165) is 34.3 Å². The number of carbonyl (C=O) groups is 2. The number of rotatable bonds is 2. The molecule has 5 nitrogen and oxygen atoms in total. The summed E-state index contributed by atoms with van der Waals surface area (Å²) in [5.74, 6) is -0.286. The monoisotopic (exact) mass is 333 g/mol. The lowest BCUT2D eigenvalue weighted by molar-refractivity contribution is -0.140. The average molecular weight is 333 g/mol. The van der Waals surface area contributed by atoms with Gasteiger partial charge in [0.1, 0.15) is 0 Å². The molecule has 4 aliphatic rings. The number of aromatic nitrogens is 1. The van der Waals surface area contributed by atoms with Crippen LogP contribution in [0.25, 0.3) is 10.9 Å². The van der Waals surface area contributed by atoms with Crippen LogP contribution in [0.1, 0.15) is 18.4 Å². The van der Waals surface area contributed by atoms with E-state index in [1.165, 1.54) is 0 Å². The molecule has 2 bridgehead atoms. The molecule has 5 heteroatoms. The first-order valence-electron chi connectivity index (χ1n) is 8.79. The average Bonchev–Trinajstić information content (AvgIpc) is 3.11. The summed E-state index contributed by atoms with van der Waals surface area (Å²) in [5, 5.41) is 6.49. The van der Waals surface area contributed by atoms with Gasteiger partial charge in [-0.25, -0.2) is 0 Å². The fraction of sp³-hybridized carbons (Fsp3) is 0.350. The van der Waals surface area contributed by atoms with E-state index in [9.17, 15) is 9.59 Å². The molecule has 1 aromatic heterocycles. The molecule has 0 unspecified atom stereocenters. The van der Waals surface area contributed by atoms with E-state index >= 15 is 0 Å². The zero-order valence-corrected chi connectivity index (χ0v) is 14.0. The summed E-state index contributed by atoms with van der Waals surface area (Å²) in [6, 6.07) is 8.03. The number of hydrazone groups is 1. The Morgan fingerprint density at radius 3 is 2.32 bits per heavy atom. The van der Waals surface area contributed by atoms with Crippen LogP contribution < -0.4 is 0 Å². The number of nitrogens with zero attached hydrogens (tertiary/aromatic N) is 3. The van der Waals surface area contributed by atoms with E-state index in [4.69, 9.17) is 0 Å². The van der Waals surface area contributed by atoms with Crippen LogP contribution in [-0.2, 0) is 16.6 Å². The standard InChI is InChI=1S/C20H19N3O2/c1-22-11-14(15-4-2-3-5-16(15)22)10-21-23-19(24)17-12-6-7-13(9-8-12)18(17)20(23)25/h2-7,10-13,17-18H,8-9H2,1H3/b21-10-/t12-,13-,17+,18+/m0/s1. The summed E-state index contributed by atoms with van der Waals surface area (Å²) in [6.45, 7) is 0. The second-order valence-corrected chi connectivity index (χ2v) is 7.29. The highest BCUT2D eigenvalue weighted by molar-refractivity contribution is 6.07. The van der Waals surface area contributed by atoms with Gasteiger partial charge in [0.15, 0.2) is 0 Å². The molecule has 25 heavy (non-hydrogen) atoms. The van der Waals surface area contributed by atoms with Gasteiger partial charge in [-0.15, -0.1) is 0 Å². The third-order valence-electron chi connectivity index (χ3n) is 5.98. The molecule has 2 heterocycles. The Balaban J connectivity index is 1.49. The van der Waals surface area contributed by atoms with E-state index in [1.54, 1.807) is 6.21 Å². The number of para-hydroxylation sites is 1. The van der Waals surface area contributed by atoms with E-state index in [0.29, 0.717) is 0 Å². The first kappa shape index (κ1) is 14.6. The Morgan fingerprint density at radius 2 is 1.68 bits per heavy atom. The third kappa shape index (κ3) is 1.98. The minimum atomic E-state index is -0.207. The molecule has 0 N–H and O–H groups in total. The number of hydrogen-bond acceptors (Lipinski definition) is 3. The largest absolute Gasteiger partial charge is 0.350 e. The summed E-state index contributed by atoms with van der Waals surface area (Å²) < 4.78 is 2.02. The molecule has 1 saturated carbocycles. The Labute approximate surface area is 145 Å². The molecule has 2 aromatic rings. The van der Waals surface area contributed by atoms with Gasteiger partial charge in [0.2, 0.25) is 0 Å². The summed E-state index contributed by atoms with van der Waals surface area (Å²) >= 11 is 0. The third-order valence-corrected chi connectivity index (χ3v) is 5.98. The second kappa shape index (κ2) is 5.15. The van der Waals surface area contributed by atoms with Crippen LogP contribution >= 0.6 is 0 Å². The second-order valence-electron chi connectivity index (χ2n) is 7.29. The molecule has 126 valence electrons. The van der Waals surface area contributed by atoms with Crippen molar-refractivity contribution >= 4 is 28.9 Å². The molecule has 2 fully saturated rings. The highest BCUT2D eigenvalue weighted by Gasteiger charge is 2.56. The Hall–Kier alpha value is -2.69. The summed E-state index contributed by atoms with van der Waals surface area (Å²) in [5.41, 5.74) is 2.01. The predicted octanol–water partition coefficient (Wildman–Crippen LogP) is 2.71. The lowest BCUT2D eigenvalue weighted by Gasteiger charge is -2.37. The van der Waals surface area contributed by atoms with Crippen LogP contribution in [0.3, 0.4) is 0 Å². The van der Waals surface area contributed by atoms with Crippen LogP contribution in [0.5, 0.6) is 0 Å². The van der Waals surface area contributed by atoms with Gasteiger partial charge in [-0.2, -0.15) is 10.1 Å². The maximum absolute atomic E-state index is 12.8. The number of aryl methyl sites for hydroxylation is 1. The number of fused-ring (bicyclic) bond motifs is 2. The lowest BCUT2D eigenvalue weighted by atomic mass is 9.63. The first-order chi connectivity index (χ1) is 12.1. The molecular weight excluding hydrogens is 314 g/mol. The molecule has 1 saturated heterocycles. The fourth-order valence-corrected chi connectivity index (χ4v) is 4.77. The van der Waals surface area contributed by atoms with Crippen molar-refractivity contribution in [2.45, 2.75) is 12.8 Å². The van der Waals surface area contributed by atoms with Crippen LogP contribution in [0, 0.1) is 23.7 Å². The van der Waals surface area contributed by atoms with E-state index in [2.05, 4.69) is 17.3 Å². The van der Waals surface area contributed by atoms with E-state index in [-0.39, 0.29) is 35.5 Å². The van der Waals surface area contributed by atoms with Gasteiger partial charge in [-0.05, 0) is 30.7 Å². The van der Waals surface area contributed by atoms with E-state index in [1.807, 2.05) is 42.1 Å². The molecule has 3 aliphatic carbocycles. The van der Waals surface area contributed by atoms with Crippen molar-refractivity contribution in [2.24, 2.45) is 35.8 Å². The van der Waals surface area contributed by atoms with Crippen molar-refractivity contribution in [3.8, 4) is 0 Å². The molecule has 0 radical (unpaired) electrons. The maximum atomic E-state index is 12.8. The number of benzene rings is 1. The number of imide groups is 1. The van der Waals surface area contributed by atoms with Gasteiger partial charge in [-0.1, -0.05) is 30.4 Å². The van der Waals surface area contributed by atoms with Crippen molar-refractivity contribution in [1.82, 2.24) is 9.58 Å². The molecule has 1 aliphatic heterocycles. The summed E-state index contributed by atoms with van der Waals surface area (Å²) in [6.07, 6.45) is 9.86. The van der Waals surface area contributed by atoms with Crippen molar-refractivity contribution in [3.05, 3.63) is 48.2 Å². The first-order valence-corrected chi connectivity index (χ1v) is 8.79. The van der Waals surface area contributed by atoms with Gasteiger partial charge in [0, 0.05) is 29.7 Å². The SMILES string of the molecule is Cn1cc(/C=N\N2C(=O)[C@H]3[C@H](C2=O)[C@H]2C=C[C@H]3CC2)c2ccccc21. The summed E-state index contributed by atoms with van der Waals surface area (Å²) in [4.78, 5) is 25.6. The normalized spacial score (nSPS) is 30.8. The Morgan fingerprint density at radius 1 is 1.04 bits per heavy atom. The van der Waals surface area contributed by atoms with E-state index < -0.39 is 0 Å². The smallest absolute Gasteiger partial charge is 0.254 e. The minimum absolute atomic E-state index is 0.134. The van der Waals surface area contributed by atoms with Gasteiger partial charge in [0.05, 0.1) is 18.1 Å². The van der Waals surface area contributed by atoms with Crippen LogP contribution in [-0.4, -0.2) is 27.6 Å². The topological polar surface area (TPSA) is 54.7 Å². The van der Waals surface area contributed by atoms with Crippen molar-refractivity contribution in [2.75, 3.05) is 0 Å². The molecular formula is C20H19N3O2. The highest BCUT2D eigenvalue weighted by Crippen LogP contribution is 2.49. The number of allylic oxidation sites excluding steroid dienone is 2. The molecule has 0 spiro atoms. The van der Waals surface area contributed by atoms with Crippen molar-refractivity contribution in [1.29, 1.82) is 0 Å². The quantitative estimate of drug-likeness (QED) is 0.482. The van der Waals surface area contributed by atoms with Crippen molar-refractivity contribution in [3.63, 3.8) is 0 Å².